The number of rotatable bonds is 3. The van der Waals surface area contributed by atoms with Gasteiger partial charge >= 0.3 is 5.69 Å². The van der Waals surface area contributed by atoms with Crippen LogP contribution < -0.4 is 0 Å². The molecule has 0 N–H and O–H groups in total. The first-order chi connectivity index (χ1) is 10.9. The molecular formula is C11H18N4O2. The molecule has 0 spiro atoms. The highest BCUT2D eigenvalue weighted by molar-refractivity contribution is 5.21. The minimum Gasteiger partial charge on any atom is -0.301 e. The quantitative estimate of drug-likeness (QED) is 0.602. The Balaban J connectivity index is 2.14. The Morgan fingerprint density at radius 2 is 2.35 bits per heavy atom. The van der Waals surface area contributed by atoms with Gasteiger partial charge < -0.3 is 4.90 Å². The van der Waals surface area contributed by atoms with E-state index in [1.807, 2.05) is 0 Å². The summed E-state index contributed by atoms with van der Waals surface area (Å²) in [5.74, 6) is 0. The van der Waals surface area contributed by atoms with Crippen molar-refractivity contribution in [3.8, 4) is 0 Å². The maximum absolute atomic E-state index is 10.7. The van der Waals surface area contributed by atoms with E-state index in [9.17, 15) is 10.1 Å². The summed E-state index contributed by atoms with van der Waals surface area (Å²) in [5, 5.41) is 14.6. The standard InChI is InChI=1S/C11H18N4O2/c1-9(2)13-5-3-10(4-6-13)14-8-11(7-12-14)15(16)17/h7-10H,3-6H2,1-2H3/i1D3,2D3,9D. The third-order valence-corrected chi connectivity index (χ3v) is 2.95. The van der Waals surface area contributed by atoms with Crippen LogP contribution in [0.2, 0.25) is 0 Å². The highest BCUT2D eigenvalue weighted by Gasteiger charge is 2.23. The Morgan fingerprint density at radius 3 is 2.88 bits per heavy atom. The highest BCUT2D eigenvalue weighted by Crippen LogP contribution is 2.24. The summed E-state index contributed by atoms with van der Waals surface area (Å²) in [6.45, 7) is -5.82. The van der Waals surface area contributed by atoms with E-state index in [1.165, 1.54) is 10.9 Å². The lowest BCUT2D eigenvalue weighted by atomic mass is 10.0. The van der Waals surface area contributed by atoms with Gasteiger partial charge in [-0.25, -0.2) is 0 Å². The number of aromatic nitrogens is 2. The van der Waals surface area contributed by atoms with E-state index in [1.54, 1.807) is 0 Å². The Morgan fingerprint density at radius 1 is 1.65 bits per heavy atom. The molecule has 0 unspecified atom stereocenters. The molecule has 1 aliphatic rings. The van der Waals surface area contributed by atoms with E-state index >= 15 is 0 Å². The molecule has 1 aliphatic heterocycles. The second-order valence-corrected chi connectivity index (χ2v) is 4.00. The number of hydrogen-bond donors (Lipinski definition) is 0. The van der Waals surface area contributed by atoms with Crippen LogP contribution in [0.25, 0.3) is 0 Å². The number of piperidine rings is 1. The van der Waals surface area contributed by atoms with Gasteiger partial charge in [-0.15, -0.1) is 0 Å². The Labute approximate surface area is 110 Å². The van der Waals surface area contributed by atoms with Crippen LogP contribution in [0.1, 0.15) is 42.2 Å². The Hall–Kier alpha value is -1.43. The fraction of sp³-hybridized carbons (Fsp3) is 0.727. The van der Waals surface area contributed by atoms with Gasteiger partial charge in [-0.05, 0) is 26.5 Å². The lowest BCUT2D eigenvalue weighted by Crippen LogP contribution is -2.39. The van der Waals surface area contributed by atoms with Gasteiger partial charge in [0.2, 0.25) is 0 Å². The van der Waals surface area contributed by atoms with Gasteiger partial charge in [-0.1, -0.05) is 0 Å². The summed E-state index contributed by atoms with van der Waals surface area (Å²) in [7, 11) is 0. The van der Waals surface area contributed by atoms with Crippen molar-refractivity contribution in [3.63, 3.8) is 0 Å². The maximum Gasteiger partial charge on any atom is 0.307 e. The zero-order valence-corrected chi connectivity index (χ0v) is 9.17. The molecule has 17 heavy (non-hydrogen) atoms. The molecule has 2 heterocycles. The summed E-state index contributed by atoms with van der Waals surface area (Å²) in [6.07, 6.45) is 3.13. The van der Waals surface area contributed by atoms with E-state index in [4.69, 9.17) is 9.60 Å². The van der Waals surface area contributed by atoms with Crippen LogP contribution in [0, 0.1) is 10.1 Å². The van der Waals surface area contributed by atoms with Crippen LogP contribution in [0.3, 0.4) is 0 Å². The van der Waals surface area contributed by atoms with Gasteiger partial charge in [0.05, 0.1) is 11.0 Å². The predicted octanol–water partition coefficient (Wildman–Crippen LogP) is 1.84. The molecule has 0 radical (unpaired) electrons. The Bertz CT molecular complexity index is 590. The van der Waals surface area contributed by atoms with Crippen molar-refractivity contribution in [2.45, 2.75) is 38.6 Å². The SMILES string of the molecule is [2H]C([2H])([2H])C([2H])(N1CCC(n2cc([N+](=O)[O-])cn2)CC1)C([2H])([2H])[2H]. The molecule has 1 saturated heterocycles. The van der Waals surface area contributed by atoms with Crippen molar-refractivity contribution in [2.24, 2.45) is 0 Å². The molecule has 1 fully saturated rings. The van der Waals surface area contributed by atoms with E-state index in [-0.39, 0.29) is 24.8 Å². The zero-order valence-electron chi connectivity index (χ0n) is 16.2. The summed E-state index contributed by atoms with van der Waals surface area (Å²) in [6, 6.07) is -2.88. The van der Waals surface area contributed by atoms with E-state index in [2.05, 4.69) is 5.10 Å². The van der Waals surface area contributed by atoms with Crippen molar-refractivity contribution in [3.05, 3.63) is 22.5 Å². The minimum atomic E-state index is -2.99. The van der Waals surface area contributed by atoms with Gasteiger partial charge in [-0.3, -0.25) is 14.8 Å². The lowest BCUT2D eigenvalue weighted by Gasteiger charge is -2.34. The van der Waals surface area contributed by atoms with Gasteiger partial charge in [0.1, 0.15) is 12.4 Å². The van der Waals surface area contributed by atoms with Crippen LogP contribution >= 0.6 is 0 Å². The third-order valence-electron chi connectivity index (χ3n) is 2.95. The van der Waals surface area contributed by atoms with E-state index < -0.39 is 24.6 Å². The van der Waals surface area contributed by atoms with Crippen molar-refractivity contribution < 1.29 is 14.5 Å². The summed E-state index contributed by atoms with van der Waals surface area (Å²) in [5.41, 5.74) is -0.141. The van der Waals surface area contributed by atoms with Crippen molar-refractivity contribution in [1.82, 2.24) is 14.7 Å². The topological polar surface area (TPSA) is 64.2 Å². The van der Waals surface area contributed by atoms with Crippen LogP contribution in [0.5, 0.6) is 0 Å². The molecule has 6 heteroatoms. The largest absolute Gasteiger partial charge is 0.307 e. The molecule has 0 aliphatic carbocycles. The Kier molecular flexibility index (Phi) is 1.69. The van der Waals surface area contributed by atoms with Crippen molar-refractivity contribution in [1.29, 1.82) is 0 Å². The van der Waals surface area contributed by atoms with Crippen LogP contribution in [-0.4, -0.2) is 38.7 Å². The molecule has 1 aromatic rings. The average molecular weight is 245 g/mol. The predicted molar refractivity (Wildman–Crippen MR) is 63.9 cm³/mol. The molecule has 0 aromatic carbocycles. The molecule has 0 amide bonds. The fourth-order valence-corrected chi connectivity index (χ4v) is 1.98. The molecule has 1 aromatic heterocycles. The van der Waals surface area contributed by atoms with E-state index in [0.717, 1.165) is 11.1 Å². The van der Waals surface area contributed by atoms with Gasteiger partial charge in [0.25, 0.3) is 0 Å². The van der Waals surface area contributed by atoms with Crippen molar-refractivity contribution >= 4 is 5.69 Å². The van der Waals surface area contributed by atoms with Gasteiger partial charge in [-0.2, -0.15) is 5.10 Å². The summed E-state index contributed by atoms with van der Waals surface area (Å²) < 4.78 is 54.5. The summed E-state index contributed by atoms with van der Waals surface area (Å²) >= 11 is 0. The second kappa shape index (κ2) is 4.83. The van der Waals surface area contributed by atoms with Gasteiger partial charge in [0, 0.05) is 28.7 Å². The molecule has 6 nitrogen and oxygen atoms in total. The van der Waals surface area contributed by atoms with Crippen LogP contribution in [0.4, 0.5) is 5.69 Å². The third kappa shape index (κ3) is 2.63. The number of nitrogens with zero attached hydrogens (tertiary/aromatic N) is 4. The fourth-order valence-electron chi connectivity index (χ4n) is 1.98. The van der Waals surface area contributed by atoms with Crippen molar-refractivity contribution in [2.75, 3.05) is 13.1 Å². The second-order valence-electron chi connectivity index (χ2n) is 4.00. The smallest absolute Gasteiger partial charge is 0.301 e. The van der Waals surface area contributed by atoms with E-state index in [0.29, 0.717) is 12.8 Å². The molecule has 2 rings (SSSR count). The molecule has 0 atom stereocenters. The highest BCUT2D eigenvalue weighted by atomic mass is 16.6. The molecule has 0 saturated carbocycles. The first-order valence-corrected chi connectivity index (χ1v) is 5.31. The van der Waals surface area contributed by atoms with Crippen LogP contribution in [0.15, 0.2) is 12.4 Å². The number of nitro groups is 1. The monoisotopic (exact) mass is 245 g/mol. The first kappa shape index (κ1) is 5.95. The number of hydrogen-bond acceptors (Lipinski definition) is 4. The maximum atomic E-state index is 10.7. The molecule has 0 bridgehead atoms. The lowest BCUT2D eigenvalue weighted by molar-refractivity contribution is -0.385. The van der Waals surface area contributed by atoms with Gasteiger partial charge in [0.15, 0.2) is 0 Å². The zero-order chi connectivity index (χ0) is 18.3. The summed E-state index contributed by atoms with van der Waals surface area (Å²) in [4.78, 5) is 11.3. The first-order valence-electron chi connectivity index (χ1n) is 8.81. The van der Waals surface area contributed by atoms with Crippen LogP contribution in [-0.2, 0) is 0 Å². The number of likely N-dealkylation sites (tertiary alicyclic amines) is 1. The average Bonchev–Trinajstić information content (AvgIpc) is 2.94. The molecule has 94 valence electrons. The normalized spacial score (nSPS) is 26.9. The molecular weight excluding hydrogens is 220 g/mol. The minimum absolute atomic E-state index is 0.0819.